The Labute approximate surface area is 117 Å². The van der Waals surface area contributed by atoms with Crippen molar-refractivity contribution in [1.82, 2.24) is 5.32 Å². The second kappa shape index (κ2) is 6.52. The van der Waals surface area contributed by atoms with Crippen molar-refractivity contribution in [3.05, 3.63) is 71.3 Å². The molecule has 20 heavy (non-hydrogen) atoms. The lowest BCUT2D eigenvalue weighted by molar-refractivity contribution is -0.120. The molecule has 0 spiro atoms. The second-order valence-electron chi connectivity index (χ2n) is 4.50. The molecule has 4 heteroatoms. The number of hydrogen-bond acceptors (Lipinski definition) is 2. The van der Waals surface area contributed by atoms with Crippen LogP contribution in [0.4, 0.5) is 0 Å². The van der Waals surface area contributed by atoms with Crippen LogP contribution in [0.3, 0.4) is 0 Å². The molecule has 0 fully saturated rings. The van der Waals surface area contributed by atoms with E-state index in [1.807, 2.05) is 36.4 Å². The largest absolute Gasteiger partial charge is 0.366 e. The van der Waals surface area contributed by atoms with Gasteiger partial charge in [-0.25, -0.2) is 0 Å². The van der Waals surface area contributed by atoms with Crippen molar-refractivity contribution in [1.29, 1.82) is 0 Å². The maximum atomic E-state index is 11.8. The minimum absolute atomic E-state index is 0.0549. The third-order valence-electron chi connectivity index (χ3n) is 2.91. The van der Waals surface area contributed by atoms with Gasteiger partial charge in [-0.1, -0.05) is 42.5 Å². The summed E-state index contributed by atoms with van der Waals surface area (Å²) in [5.41, 5.74) is 7.48. The van der Waals surface area contributed by atoms with Gasteiger partial charge in [-0.05, 0) is 23.3 Å². The maximum Gasteiger partial charge on any atom is 0.248 e. The van der Waals surface area contributed by atoms with Crippen LogP contribution < -0.4 is 11.1 Å². The van der Waals surface area contributed by atoms with Crippen LogP contribution >= 0.6 is 0 Å². The van der Waals surface area contributed by atoms with Gasteiger partial charge in [0.1, 0.15) is 0 Å². The van der Waals surface area contributed by atoms with Gasteiger partial charge in [0, 0.05) is 12.1 Å². The van der Waals surface area contributed by atoms with Crippen LogP contribution in [-0.4, -0.2) is 11.8 Å². The average molecular weight is 268 g/mol. The minimum Gasteiger partial charge on any atom is -0.366 e. The minimum atomic E-state index is -0.470. The van der Waals surface area contributed by atoms with Crippen LogP contribution in [0.25, 0.3) is 0 Å². The summed E-state index contributed by atoms with van der Waals surface area (Å²) in [5.74, 6) is -0.525. The van der Waals surface area contributed by atoms with Crippen LogP contribution in [0.2, 0.25) is 0 Å². The van der Waals surface area contributed by atoms with Crippen LogP contribution in [0.1, 0.15) is 21.5 Å². The highest BCUT2D eigenvalue weighted by molar-refractivity contribution is 5.92. The molecular weight excluding hydrogens is 252 g/mol. The molecule has 0 radical (unpaired) electrons. The number of benzene rings is 2. The van der Waals surface area contributed by atoms with Gasteiger partial charge in [0.05, 0.1) is 6.42 Å². The van der Waals surface area contributed by atoms with E-state index in [4.69, 9.17) is 5.73 Å². The Kier molecular flexibility index (Phi) is 4.50. The normalized spacial score (nSPS) is 10.0. The van der Waals surface area contributed by atoms with Gasteiger partial charge >= 0.3 is 0 Å². The Morgan fingerprint density at radius 2 is 1.65 bits per heavy atom. The Bertz CT molecular complexity index is 609. The fourth-order valence-corrected chi connectivity index (χ4v) is 1.88. The molecule has 102 valence electrons. The molecule has 0 aliphatic heterocycles. The maximum absolute atomic E-state index is 11.8. The van der Waals surface area contributed by atoms with Gasteiger partial charge in [0.15, 0.2) is 0 Å². The van der Waals surface area contributed by atoms with E-state index in [0.29, 0.717) is 18.5 Å². The third kappa shape index (κ3) is 3.95. The number of carbonyl (C=O) groups excluding carboxylic acids is 2. The predicted molar refractivity (Wildman–Crippen MR) is 77.0 cm³/mol. The lowest BCUT2D eigenvalue weighted by Crippen LogP contribution is -2.24. The Balaban J connectivity index is 1.90. The predicted octanol–water partition coefficient (Wildman–Crippen LogP) is 1.64. The molecule has 0 bridgehead atoms. The van der Waals surface area contributed by atoms with Gasteiger partial charge in [-0.15, -0.1) is 0 Å². The lowest BCUT2D eigenvalue weighted by atomic mass is 10.1. The number of nitrogens with one attached hydrogen (secondary N) is 1. The summed E-state index contributed by atoms with van der Waals surface area (Å²) in [6, 6.07) is 16.5. The van der Waals surface area contributed by atoms with Crippen LogP contribution in [0.15, 0.2) is 54.6 Å². The molecule has 0 heterocycles. The summed E-state index contributed by atoms with van der Waals surface area (Å²) < 4.78 is 0. The molecule has 0 unspecified atom stereocenters. The smallest absolute Gasteiger partial charge is 0.248 e. The molecule has 0 aliphatic rings. The highest BCUT2D eigenvalue weighted by Crippen LogP contribution is 2.05. The van der Waals surface area contributed by atoms with Crippen molar-refractivity contribution in [2.45, 2.75) is 13.0 Å². The molecule has 0 saturated heterocycles. The number of nitrogens with two attached hydrogens (primary N) is 1. The average Bonchev–Trinajstić information content (AvgIpc) is 2.46. The van der Waals surface area contributed by atoms with E-state index < -0.39 is 5.91 Å². The van der Waals surface area contributed by atoms with Gasteiger partial charge in [0.25, 0.3) is 0 Å². The first-order valence-corrected chi connectivity index (χ1v) is 6.34. The van der Waals surface area contributed by atoms with Crippen molar-refractivity contribution in [2.24, 2.45) is 5.73 Å². The van der Waals surface area contributed by atoms with Crippen molar-refractivity contribution < 1.29 is 9.59 Å². The van der Waals surface area contributed by atoms with E-state index in [2.05, 4.69) is 5.32 Å². The number of rotatable bonds is 5. The first-order chi connectivity index (χ1) is 9.65. The zero-order chi connectivity index (χ0) is 14.4. The molecule has 2 aromatic rings. The first kappa shape index (κ1) is 13.8. The van der Waals surface area contributed by atoms with Crippen LogP contribution in [-0.2, 0) is 17.8 Å². The molecule has 2 rings (SSSR count). The molecule has 0 saturated carbocycles. The van der Waals surface area contributed by atoms with E-state index in [1.54, 1.807) is 18.2 Å². The fourth-order valence-electron chi connectivity index (χ4n) is 1.88. The topological polar surface area (TPSA) is 72.2 Å². The lowest BCUT2D eigenvalue weighted by Gasteiger charge is -2.06. The molecule has 0 aliphatic carbocycles. The summed E-state index contributed by atoms with van der Waals surface area (Å²) in [7, 11) is 0. The number of primary amides is 1. The summed E-state index contributed by atoms with van der Waals surface area (Å²) in [4.78, 5) is 22.9. The second-order valence-corrected chi connectivity index (χ2v) is 4.50. The molecule has 2 amide bonds. The van der Waals surface area contributed by atoms with E-state index in [0.717, 1.165) is 11.1 Å². The Morgan fingerprint density at radius 3 is 2.35 bits per heavy atom. The molecule has 0 aromatic heterocycles. The van der Waals surface area contributed by atoms with Crippen LogP contribution in [0.5, 0.6) is 0 Å². The molecular formula is C16H16N2O2. The van der Waals surface area contributed by atoms with E-state index in [9.17, 15) is 9.59 Å². The SMILES string of the molecule is NC(=O)c1cccc(CNC(=O)Cc2ccccc2)c1. The summed E-state index contributed by atoms with van der Waals surface area (Å²) in [6.07, 6.45) is 0.344. The monoisotopic (exact) mass is 268 g/mol. The van der Waals surface area contributed by atoms with Gasteiger partial charge in [-0.3, -0.25) is 9.59 Å². The molecule has 0 atom stereocenters. The fraction of sp³-hybridized carbons (Fsp3) is 0.125. The molecule has 2 aromatic carbocycles. The standard InChI is InChI=1S/C16H16N2O2/c17-16(20)14-8-4-7-13(9-14)11-18-15(19)10-12-5-2-1-3-6-12/h1-9H,10-11H2,(H2,17,20)(H,18,19). The Morgan fingerprint density at radius 1 is 0.950 bits per heavy atom. The summed E-state index contributed by atoms with van der Waals surface area (Å²) >= 11 is 0. The first-order valence-electron chi connectivity index (χ1n) is 6.34. The molecule has 4 nitrogen and oxygen atoms in total. The zero-order valence-electron chi connectivity index (χ0n) is 11.0. The molecule has 3 N–H and O–H groups in total. The third-order valence-corrected chi connectivity index (χ3v) is 2.91. The zero-order valence-corrected chi connectivity index (χ0v) is 11.0. The van der Waals surface area contributed by atoms with E-state index in [-0.39, 0.29) is 5.91 Å². The highest BCUT2D eigenvalue weighted by atomic mass is 16.1. The van der Waals surface area contributed by atoms with Gasteiger partial charge in [-0.2, -0.15) is 0 Å². The summed E-state index contributed by atoms with van der Waals surface area (Å²) in [6.45, 7) is 0.382. The van der Waals surface area contributed by atoms with Gasteiger partial charge < -0.3 is 11.1 Å². The van der Waals surface area contributed by atoms with Crippen molar-refractivity contribution >= 4 is 11.8 Å². The number of hydrogen-bond donors (Lipinski definition) is 2. The van der Waals surface area contributed by atoms with Crippen molar-refractivity contribution in [3.63, 3.8) is 0 Å². The Hall–Kier alpha value is -2.62. The quantitative estimate of drug-likeness (QED) is 0.865. The van der Waals surface area contributed by atoms with E-state index >= 15 is 0 Å². The van der Waals surface area contributed by atoms with Gasteiger partial charge in [0.2, 0.25) is 11.8 Å². The van der Waals surface area contributed by atoms with Crippen molar-refractivity contribution in [2.75, 3.05) is 0 Å². The number of carbonyl (C=O) groups is 2. The van der Waals surface area contributed by atoms with E-state index in [1.165, 1.54) is 0 Å². The summed E-state index contributed by atoms with van der Waals surface area (Å²) in [5, 5.41) is 2.82. The van der Waals surface area contributed by atoms with Crippen molar-refractivity contribution in [3.8, 4) is 0 Å². The highest BCUT2D eigenvalue weighted by Gasteiger charge is 2.04. The number of amides is 2. The van der Waals surface area contributed by atoms with Crippen LogP contribution in [0, 0.1) is 0 Å².